The smallest absolute Gasteiger partial charge is 0.202 e. The molecule has 2 aromatic rings. The maximum atomic E-state index is 5.99. The summed E-state index contributed by atoms with van der Waals surface area (Å²) in [6.07, 6.45) is 2.40. The molecule has 1 atom stereocenters. The van der Waals surface area contributed by atoms with E-state index < -0.39 is 0 Å². The molecule has 0 aliphatic carbocycles. The molecule has 4 aliphatic rings. The van der Waals surface area contributed by atoms with Crippen molar-refractivity contribution in [2.45, 2.75) is 18.6 Å². The molecule has 5 heterocycles. The topological polar surface area (TPSA) is 36.9 Å². The van der Waals surface area contributed by atoms with Crippen molar-refractivity contribution in [1.29, 1.82) is 0 Å². The Morgan fingerprint density at radius 3 is 2.90 bits per heavy atom. The summed E-state index contributed by atoms with van der Waals surface area (Å²) in [5, 5.41) is 1.27. The molecule has 108 valence electrons. The first kappa shape index (κ1) is 12.1. The van der Waals surface area contributed by atoms with Gasteiger partial charge in [0.1, 0.15) is 0 Å². The Kier molecular flexibility index (Phi) is 2.48. The largest absolute Gasteiger partial charge is 0.298 e. The number of amidine groups is 1. The average molecular weight is 299 g/mol. The lowest BCUT2D eigenvalue weighted by Crippen LogP contribution is -2.58. The summed E-state index contributed by atoms with van der Waals surface area (Å²) in [5.74, 6) is 1.46. The summed E-state index contributed by atoms with van der Waals surface area (Å²) in [7, 11) is 0. The van der Waals surface area contributed by atoms with Gasteiger partial charge >= 0.3 is 0 Å². The monoisotopic (exact) mass is 299 g/mol. The van der Waals surface area contributed by atoms with Crippen LogP contribution in [0.25, 0.3) is 10.1 Å². The highest BCUT2D eigenvalue weighted by molar-refractivity contribution is 7.20. The summed E-state index contributed by atoms with van der Waals surface area (Å²) >= 11 is 1.78. The first-order valence-corrected chi connectivity index (χ1v) is 8.39. The molecule has 3 fully saturated rings. The van der Waals surface area contributed by atoms with Crippen molar-refractivity contribution < 1.29 is 4.84 Å². The molecule has 4 nitrogen and oxygen atoms in total. The molecule has 21 heavy (non-hydrogen) atoms. The first-order valence-electron chi connectivity index (χ1n) is 7.58. The minimum absolute atomic E-state index is 0.345. The van der Waals surface area contributed by atoms with Crippen molar-refractivity contribution in [3.8, 4) is 0 Å². The molecule has 4 aliphatic heterocycles. The lowest BCUT2D eigenvalue weighted by atomic mass is 9.81. The zero-order valence-electron chi connectivity index (χ0n) is 11.7. The molecule has 2 bridgehead atoms. The predicted molar refractivity (Wildman–Crippen MR) is 84.5 cm³/mol. The van der Waals surface area contributed by atoms with Crippen molar-refractivity contribution in [2.75, 3.05) is 19.6 Å². The summed E-state index contributed by atoms with van der Waals surface area (Å²) in [5.41, 5.74) is 2.77. The van der Waals surface area contributed by atoms with Gasteiger partial charge in [0, 0.05) is 10.6 Å². The van der Waals surface area contributed by atoms with Crippen LogP contribution in [0.1, 0.15) is 17.7 Å². The second-order valence-corrected chi connectivity index (χ2v) is 7.29. The molecule has 3 saturated heterocycles. The number of fused-ring (bicyclic) bond motifs is 3. The van der Waals surface area contributed by atoms with E-state index >= 15 is 0 Å². The van der Waals surface area contributed by atoms with Gasteiger partial charge in [0.25, 0.3) is 0 Å². The normalized spacial score (nSPS) is 34.4. The van der Waals surface area contributed by atoms with Gasteiger partial charge in [-0.05, 0) is 43.5 Å². The van der Waals surface area contributed by atoms with E-state index in [0.29, 0.717) is 5.92 Å². The van der Waals surface area contributed by atoms with E-state index in [4.69, 9.17) is 9.83 Å². The first-order chi connectivity index (χ1) is 10.3. The van der Waals surface area contributed by atoms with E-state index in [1.165, 1.54) is 40.9 Å². The van der Waals surface area contributed by atoms with Crippen LogP contribution in [0.2, 0.25) is 0 Å². The van der Waals surface area contributed by atoms with E-state index in [9.17, 15) is 0 Å². The number of hydroxylamine groups is 1. The van der Waals surface area contributed by atoms with E-state index in [1.54, 1.807) is 11.3 Å². The van der Waals surface area contributed by atoms with Gasteiger partial charge in [0.2, 0.25) is 5.72 Å². The van der Waals surface area contributed by atoms with E-state index in [2.05, 4.69) is 40.7 Å². The number of nitrogens with one attached hydrogen (secondary N) is 1. The molecule has 5 heteroatoms. The maximum absolute atomic E-state index is 5.99. The van der Waals surface area contributed by atoms with Crippen molar-refractivity contribution in [3.63, 3.8) is 0 Å². The summed E-state index contributed by atoms with van der Waals surface area (Å²) in [6, 6.07) is 10.7. The highest BCUT2D eigenvalue weighted by atomic mass is 32.1. The lowest BCUT2D eigenvalue weighted by Gasteiger charge is -2.47. The van der Waals surface area contributed by atoms with Crippen LogP contribution in [0.5, 0.6) is 0 Å². The SMILES string of the molecule is c1ccc2sc(C3=NC4(CN5CCC4CC5)ON3)cc2c1. The zero-order chi connectivity index (χ0) is 13.9. The predicted octanol–water partition coefficient (Wildman–Crippen LogP) is 2.60. The lowest BCUT2D eigenvalue weighted by molar-refractivity contribution is -0.155. The second-order valence-electron chi connectivity index (χ2n) is 6.21. The molecule has 0 saturated carbocycles. The molecule has 1 N–H and O–H groups in total. The Hall–Kier alpha value is -1.43. The van der Waals surface area contributed by atoms with Crippen LogP contribution in [-0.2, 0) is 4.84 Å². The molecule has 1 aromatic carbocycles. The van der Waals surface area contributed by atoms with Gasteiger partial charge in [-0.1, -0.05) is 18.2 Å². The van der Waals surface area contributed by atoms with E-state index in [0.717, 1.165) is 12.4 Å². The third kappa shape index (κ3) is 1.78. The maximum Gasteiger partial charge on any atom is 0.202 e. The Morgan fingerprint density at radius 1 is 1.29 bits per heavy atom. The van der Waals surface area contributed by atoms with Crippen LogP contribution in [0, 0.1) is 5.92 Å². The standard InChI is InChI=1S/C16H17N3OS/c1-2-4-13-11(3-1)9-14(21-13)15-17-16(20-18-15)10-19-7-5-12(16)6-8-19/h1-4,9,12H,5-8,10H2,(H,17,18). The van der Waals surface area contributed by atoms with E-state index in [-0.39, 0.29) is 5.72 Å². The van der Waals surface area contributed by atoms with Gasteiger partial charge < -0.3 is 0 Å². The van der Waals surface area contributed by atoms with Gasteiger partial charge in [0.15, 0.2) is 5.84 Å². The van der Waals surface area contributed by atoms with Crippen LogP contribution in [0.3, 0.4) is 0 Å². The number of hydrogen-bond donors (Lipinski definition) is 1. The fourth-order valence-corrected chi connectivity index (χ4v) is 4.81. The molecular formula is C16H17N3OS. The van der Waals surface area contributed by atoms with Crippen molar-refractivity contribution in [2.24, 2.45) is 10.9 Å². The molecule has 1 aromatic heterocycles. The number of benzene rings is 1. The molecule has 0 radical (unpaired) electrons. The molecule has 1 unspecified atom stereocenters. The van der Waals surface area contributed by atoms with Gasteiger partial charge in [-0.2, -0.15) is 0 Å². The fourth-order valence-electron chi connectivity index (χ4n) is 3.81. The average Bonchev–Trinajstić information content (AvgIpc) is 3.13. The van der Waals surface area contributed by atoms with Gasteiger partial charge in [-0.25, -0.2) is 15.3 Å². The summed E-state index contributed by atoms with van der Waals surface area (Å²) < 4.78 is 1.30. The van der Waals surface area contributed by atoms with Crippen LogP contribution in [0.15, 0.2) is 35.3 Å². The Labute approximate surface area is 127 Å². The molecule has 6 rings (SSSR count). The molecule has 0 amide bonds. The van der Waals surface area contributed by atoms with Gasteiger partial charge in [0.05, 0.1) is 11.4 Å². The van der Waals surface area contributed by atoms with Crippen LogP contribution in [-0.4, -0.2) is 36.1 Å². The van der Waals surface area contributed by atoms with Gasteiger partial charge in [-0.3, -0.25) is 4.90 Å². The van der Waals surface area contributed by atoms with Crippen molar-refractivity contribution in [1.82, 2.24) is 10.4 Å². The Morgan fingerprint density at radius 2 is 2.14 bits per heavy atom. The molecular weight excluding hydrogens is 282 g/mol. The fraction of sp³-hybridized carbons (Fsp3) is 0.438. The van der Waals surface area contributed by atoms with E-state index in [1.807, 2.05) is 0 Å². The minimum atomic E-state index is -0.345. The number of nitrogens with zero attached hydrogens (tertiary/aromatic N) is 2. The van der Waals surface area contributed by atoms with Crippen LogP contribution < -0.4 is 5.48 Å². The minimum Gasteiger partial charge on any atom is -0.298 e. The quantitative estimate of drug-likeness (QED) is 0.879. The Bertz CT molecular complexity index is 699. The number of rotatable bonds is 1. The van der Waals surface area contributed by atoms with Gasteiger partial charge in [-0.15, -0.1) is 11.3 Å². The Balaban J connectivity index is 1.54. The van der Waals surface area contributed by atoms with Crippen LogP contribution >= 0.6 is 11.3 Å². The van der Waals surface area contributed by atoms with Crippen molar-refractivity contribution >= 4 is 27.3 Å². The third-order valence-electron chi connectivity index (χ3n) is 4.96. The highest BCUT2D eigenvalue weighted by Crippen LogP contribution is 2.41. The number of hydrogen-bond acceptors (Lipinski definition) is 5. The highest BCUT2D eigenvalue weighted by Gasteiger charge is 2.51. The molecule has 1 spiro atoms. The third-order valence-corrected chi connectivity index (χ3v) is 6.08. The number of piperidine rings is 3. The number of aliphatic imine (C=N–C) groups is 1. The summed E-state index contributed by atoms with van der Waals surface area (Å²) in [4.78, 5) is 14.6. The number of thiophene rings is 1. The zero-order valence-corrected chi connectivity index (χ0v) is 12.5. The van der Waals surface area contributed by atoms with Crippen molar-refractivity contribution in [3.05, 3.63) is 35.2 Å². The summed E-state index contributed by atoms with van der Waals surface area (Å²) in [6.45, 7) is 3.33. The van der Waals surface area contributed by atoms with Crippen LogP contribution in [0.4, 0.5) is 0 Å². The second kappa shape index (κ2) is 4.29.